The first kappa shape index (κ1) is 15.1. The number of nitrogens with one attached hydrogen (secondary N) is 1. The van der Waals surface area contributed by atoms with Crippen molar-refractivity contribution in [2.75, 3.05) is 13.1 Å². The summed E-state index contributed by atoms with van der Waals surface area (Å²) in [6.07, 6.45) is 4.41. The smallest absolute Gasteiger partial charge is 0.0234 e. The van der Waals surface area contributed by atoms with Crippen LogP contribution in [0.1, 0.15) is 51.2 Å². The molecule has 1 heterocycles. The van der Waals surface area contributed by atoms with E-state index in [1.165, 1.54) is 43.5 Å². The van der Waals surface area contributed by atoms with Crippen molar-refractivity contribution in [2.24, 2.45) is 11.8 Å². The normalized spacial score (nSPS) is 26.2. The summed E-state index contributed by atoms with van der Waals surface area (Å²) in [5.74, 6) is 1.99. The summed E-state index contributed by atoms with van der Waals surface area (Å²) in [4.78, 5) is 2.67. The minimum atomic E-state index is 0.183. The number of likely N-dealkylation sites (tertiary alicyclic amines) is 1. The second-order valence-corrected chi connectivity index (χ2v) is 8.07. The Morgan fingerprint density at radius 2 is 1.76 bits per heavy atom. The van der Waals surface area contributed by atoms with Crippen LogP contribution in [0.15, 0.2) is 24.3 Å². The molecule has 2 atom stereocenters. The number of rotatable bonds is 4. The number of hydrogen-bond donors (Lipinski definition) is 1. The third kappa shape index (κ3) is 4.08. The van der Waals surface area contributed by atoms with Gasteiger partial charge in [-0.05, 0) is 56.6 Å². The van der Waals surface area contributed by atoms with E-state index in [-0.39, 0.29) is 5.54 Å². The van der Waals surface area contributed by atoms with Crippen LogP contribution in [0, 0.1) is 11.8 Å². The molecular formula is C19H30N2. The van der Waals surface area contributed by atoms with Crippen molar-refractivity contribution in [1.82, 2.24) is 10.2 Å². The molecule has 1 N–H and O–H groups in total. The molecule has 2 nitrogen and oxygen atoms in total. The molecule has 116 valence electrons. The number of hydrogen-bond acceptors (Lipinski definition) is 2. The van der Waals surface area contributed by atoms with Gasteiger partial charge in [0.1, 0.15) is 0 Å². The molecule has 2 heteroatoms. The molecule has 1 saturated carbocycles. The second kappa shape index (κ2) is 6.10. The van der Waals surface area contributed by atoms with Gasteiger partial charge in [-0.25, -0.2) is 0 Å². The molecule has 2 unspecified atom stereocenters. The molecular weight excluding hydrogens is 256 g/mol. The molecule has 0 bridgehead atoms. The van der Waals surface area contributed by atoms with Crippen molar-refractivity contribution in [1.29, 1.82) is 0 Å². The van der Waals surface area contributed by atoms with E-state index in [9.17, 15) is 0 Å². The van der Waals surface area contributed by atoms with Crippen LogP contribution >= 0.6 is 0 Å². The molecule has 0 spiro atoms. The quantitative estimate of drug-likeness (QED) is 0.905. The minimum Gasteiger partial charge on any atom is -0.308 e. The third-order valence-corrected chi connectivity index (χ3v) is 5.02. The van der Waals surface area contributed by atoms with Crippen LogP contribution in [-0.2, 0) is 13.1 Å². The van der Waals surface area contributed by atoms with Crippen LogP contribution in [0.25, 0.3) is 0 Å². The monoisotopic (exact) mass is 286 g/mol. The van der Waals surface area contributed by atoms with Gasteiger partial charge in [0, 0.05) is 31.7 Å². The first-order chi connectivity index (χ1) is 9.99. The van der Waals surface area contributed by atoms with Gasteiger partial charge in [0.05, 0.1) is 0 Å². The van der Waals surface area contributed by atoms with Crippen LogP contribution in [-0.4, -0.2) is 23.5 Å². The summed E-state index contributed by atoms with van der Waals surface area (Å²) in [5.41, 5.74) is 3.06. The molecule has 0 aromatic heterocycles. The van der Waals surface area contributed by atoms with E-state index in [0.29, 0.717) is 0 Å². The summed E-state index contributed by atoms with van der Waals surface area (Å²) in [7, 11) is 0. The van der Waals surface area contributed by atoms with Crippen molar-refractivity contribution in [3.8, 4) is 0 Å². The molecule has 1 aliphatic carbocycles. The first-order valence-electron chi connectivity index (χ1n) is 8.55. The molecule has 2 aliphatic rings. The lowest BCUT2D eigenvalue weighted by Crippen LogP contribution is -2.35. The predicted octanol–water partition coefficient (Wildman–Crippen LogP) is 3.81. The average molecular weight is 286 g/mol. The maximum Gasteiger partial charge on any atom is 0.0234 e. The lowest BCUT2D eigenvalue weighted by Gasteiger charge is -2.21. The van der Waals surface area contributed by atoms with Gasteiger partial charge >= 0.3 is 0 Å². The van der Waals surface area contributed by atoms with Crippen molar-refractivity contribution in [3.05, 3.63) is 35.4 Å². The summed E-state index contributed by atoms with van der Waals surface area (Å²) in [6, 6.07) is 9.12. The molecule has 3 rings (SSSR count). The Morgan fingerprint density at radius 1 is 1.10 bits per heavy atom. The lowest BCUT2D eigenvalue weighted by atomic mass is 10.0. The van der Waals surface area contributed by atoms with Crippen molar-refractivity contribution < 1.29 is 0 Å². The Labute approximate surface area is 129 Å². The Kier molecular flexibility index (Phi) is 4.37. The van der Waals surface area contributed by atoms with Crippen LogP contribution in [0.5, 0.6) is 0 Å². The highest BCUT2D eigenvalue weighted by molar-refractivity contribution is 5.23. The van der Waals surface area contributed by atoms with E-state index >= 15 is 0 Å². The van der Waals surface area contributed by atoms with Crippen LogP contribution in [0.2, 0.25) is 0 Å². The standard InChI is InChI=1S/C19H30N2/c1-19(2,3)20-11-15-6-4-7-16(10-15)12-21-13-17-8-5-9-18(17)14-21/h4,6-7,10,17-18,20H,5,8-9,11-14H2,1-3H3. The van der Waals surface area contributed by atoms with E-state index in [0.717, 1.165) is 24.9 Å². The van der Waals surface area contributed by atoms with Gasteiger partial charge < -0.3 is 5.32 Å². The Hall–Kier alpha value is -0.860. The summed E-state index contributed by atoms with van der Waals surface area (Å²) in [5, 5.41) is 3.58. The van der Waals surface area contributed by atoms with E-state index in [2.05, 4.69) is 55.3 Å². The zero-order valence-electron chi connectivity index (χ0n) is 13.9. The molecule has 2 fully saturated rings. The minimum absolute atomic E-state index is 0.183. The number of benzene rings is 1. The summed E-state index contributed by atoms with van der Waals surface area (Å²) >= 11 is 0. The Bertz CT molecular complexity index is 463. The van der Waals surface area contributed by atoms with E-state index in [1.54, 1.807) is 0 Å². The molecule has 21 heavy (non-hydrogen) atoms. The fraction of sp³-hybridized carbons (Fsp3) is 0.684. The SMILES string of the molecule is CC(C)(C)NCc1cccc(CN2CC3CCCC3C2)c1. The highest BCUT2D eigenvalue weighted by atomic mass is 15.2. The van der Waals surface area contributed by atoms with Crippen LogP contribution in [0.3, 0.4) is 0 Å². The zero-order chi connectivity index (χ0) is 14.9. The van der Waals surface area contributed by atoms with Gasteiger partial charge in [-0.1, -0.05) is 30.7 Å². The third-order valence-electron chi connectivity index (χ3n) is 5.02. The van der Waals surface area contributed by atoms with Crippen molar-refractivity contribution in [2.45, 2.75) is 58.7 Å². The highest BCUT2D eigenvalue weighted by Crippen LogP contribution is 2.38. The molecule has 0 amide bonds. The van der Waals surface area contributed by atoms with Crippen molar-refractivity contribution >= 4 is 0 Å². The summed E-state index contributed by atoms with van der Waals surface area (Å²) in [6.45, 7) is 11.4. The van der Waals surface area contributed by atoms with Gasteiger partial charge in [0.2, 0.25) is 0 Å². The van der Waals surface area contributed by atoms with Crippen LogP contribution < -0.4 is 5.32 Å². The fourth-order valence-corrected chi connectivity index (χ4v) is 3.92. The molecule has 1 aliphatic heterocycles. The second-order valence-electron chi connectivity index (χ2n) is 8.07. The first-order valence-corrected chi connectivity index (χ1v) is 8.55. The van der Waals surface area contributed by atoms with E-state index in [4.69, 9.17) is 0 Å². The maximum atomic E-state index is 3.58. The largest absolute Gasteiger partial charge is 0.308 e. The fourth-order valence-electron chi connectivity index (χ4n) is 3.92. The highest BCUT2D eigenvalue weighted by Gasteiger charge is 2.35. The number of fused-ring (bicyclic) bond motifs is 1. The van der Waals surface area contributed by atoms with Gasteiger partial charge in [-0.2, -0.15) is 0 Å². The molecule has 0 radical (unpaired) electrons. The number of nitrogens with zero attached hydrogens (tertiary/aromatic N) is 1. The van der Waals surface area contributed by atoms with Crippen LogP contribution in [0.4, 0.5) is 0 Å². The molecule has 1 aromatic rings. The van der Waals surface area contributed by atoms with E-state index < -0.39 is 0 Å². The van der Waals surface area contributed by atoms with Gasteiger partial charge in [0.15, 0.2) is 0 Å². The van der Waals surface area contributed by atoms with Gasteiger partial charge in [0.25, 0.3) is 0 Å². The Balaban J connectivity index is 1.56. The average Bonchev–Trinajstić information content (AvgIpc) is 2.97. The maximum absolute atomic E-state index is 3.58. The summed E-state index contributed by atoms with van der Waals surface area (Å²) < 4.78 is 0. The van der Waals surface area contributed by atoms with Gasteiger partial charge in [-0.15, -0.1) is 0 Å². The van der Waals surface area contributed by atoms with Gasteiger partial charge in [-0.3, -0.25) is 4.90 Å². The Morgan fingerprint density at radius 3 is 2.43 bits per heavy atom. The predicted molar refractivity (Wildman–Crippen MR) is 89.1 cm³/mol. The molecule has 1 saturated heterocycles. The molecule has 1 aromatic carbocycles. The zero-order valence-corrected chi connectivity index (χ0v) is 13.9. The lowest BCUT2D eigenvalue weighted by molar-refractivity contribution is 0.303. The topological polar surface area (TPSA) is 15.3 Å². The van der Waals surface area contributed by atoms with E-state index in [1.807, 2.05) is 0 Å². The van der Waals surface area contributed by atoms with Crippen molar-refractivity contribution in [3.63, 3.8) is 0 Å².